The number of piperazine rings is 1. The van der Waals surface area contributed by atoms with Crippen LogP contribution in [0.1, 0.15) is 88.4 Å². The number of carbonyl (C=O) groups excluding carboxylic acids is 1. The number of amides is 1. The average molecular weight is 443 g/mol. The van der Waals surface area contributed by atoms with Crippen molar-refractivity contribution in [2.45, 2.75) is 85.0 Å². The number of nitrogens with zero attached hydrogens (tertiary/aromatic N) is 4. The second kappa shape index (κ2) is 9.85. The number of carbonyl (C=O) groups is 1. The largest absolute Gasteiger partial charge is 0.352 e. The minimum absolute atomic E-state index is 0.312. The van der Waals surface area contributed by atoms with E-state index in [1.807, 2.05) is 11.3 Å². The van der Waals surface area contributed by atoms with Crippen LogP contribution < -0.4 is 4.90 Å². The first kappa shape index (κ1) is 22.5. The Balaban J connectivity index is 1.53. The van der Waals surface area contributed by atoms with Gasteiger partial charge in [0.05, 0.1) is 5.39 Å². The molecule has 0 saturated carbocycles. The van der Waals surface area contributed by atoms with Crippen LogP contribution in [0.25, 0.3) is 10.2 Å². The second-order valence-corrected chi connectivity index (χ2v) is 10.9. The molecule has 2 aliphatic rings. The number of hydrogen-bond donors (Lipinski definition) is 0. The summed E-state index contributed by atoms with van der Waals surface area (Å²) in [5.41, 5.74) is 1.50. The second-order valence-electron chi connectivity index (χ2n) is 9.77. The predicted molar refractivity (Wildman–Crippen MR) is 130 cm³/mol. The lowest BCUT2D eigenvalue weighted by Crippen LogP contribution is -2.49. The summed E-state index contributed by atoms with van der Waals surface area (Å²) >= 11 is 1.89. The SMILES string of the molecule is CCCCCCC(=O)N1CCN(c2nc(C(C)C)nc3sc4c(c23)CC[C@@H](C)C4)CC1. The highest BCUT2D eigenvalue weighted by Crippen LogP contribution is 2.41. The third-order valence-corrected chi connectivity index (χ3v) is 7.99. The van der Waals surface area contributed by atoms with E-state index in [9.17, 15) is 4.79 Å². The van der Waals surface area contributed by atoms with Gasteiger partial charge in [-0.25, -0.2) is 9.97 Å². The Bertz CT molecular complexity index is 914. The molecular weight excluding hydrogens is 404 g/mol. The minimum Gasteiger partial charge on any atom is -0.352 e. The summed E-state index contributed by atoms with van der Waals surface area (Å²) in [5, 5.41) is 1.30. The van der Waals surface area contributed by atoms with E-state index in [1.54, 1.807) is 0 Å². The van der Waals surface area contributed by atoms with Crippen molar-refractivity contribution in [1.82, 2.24) is 14.9 Å². The Morgan fingerprint density at radius 2 is 1.90 bits per heavy atom. The molecule has 31 heavy (non-hydrogen) atoms. The first-order valence-electron chi connectivity index (χ1n) is 12.3. The number of fused-ring (bicyclic) bond motifs is 3. The summed E-state index contributed by atoms with van der Waals surface area (Å²) in [4.78, 5) is 29.8. The van der Waals surface area contributed by atoms with Gasteiger partial charge in [0.1, 0.15) is 16.5 Å². The standard InChI is InChI=1S/C25H38N4OS/c1-5-6-7-8-9-21(30)28-12-14-29(15-13-28)24-22-19-11-10-18(4)16-20(19)31-25(22)27-23(26-24)17(2)3/h17-18H,5-16H2,1-4H3/t18-/m1/s1. The lowest BCUT2D eigenvalue weighted by molar-refractivity contribution is -0.131. The Hall–Kier alpha value is -1.69. The zero-order chi connectivity index (χ0) is 22.0. The number of hydrogen-bond acceptors (Lipinski definition) is 5. The van der Waals surface area contributed by atoms with Gasteiger partial charge in [0.2, 0.25) is 5.91 Å². The van der Waals surface area contributed by atoms with Crippen molar-refractivity contribution in [2.24, 2.45) is 5.92 Å². The quantitative estimate of drug-likeness (QED) is 0.527. The van der Waals surface area contributed by atoms with Crippen molar-refractivity contribution in [2.75, 3.05) is 31.1 Å². The van der Waals surface area contributed by atoms with Gasteiger partial charge in [0.15, 0.2) is 0 Å². The van der Waals surface area contributed by atoms with Crippen LogP contribution in [0.2, 0.25) is 0 Å². The molecule has 0 spiro atoms. The summed E-state index contributed by atoms with van der Waals surface area (Å²) in [6.45, 7) is 12.3. The van der Waals surface area contributed by atoms with Crippen molar-refractivity contribution in [1.29, 1.82) is 0 Å². The molecule has 2 aromatic rings. The Labute approximate surface area is 191 Å². The molecule has 0 unspecified atom stereocenters. The summed E-state index contributed by atoms with van der Waals surface area (Å²) in [6.07, 6.45) is 8.90. The van der Waals surface area contributed by atoms with Gasteiger partial charge in [-0.05, 0) is 37.2 Å². The van der Waals surface area contributed by atoms with Gasteiger partial charge in [-0.1, -0.05) is 47.0 Å². The van der Waals surface area contributed by atoms with Crippen LogP contribution in [0.4, 0.5) is 5.82 Å². The highest BCUT2D eigenvalue weighted by molar-refractivity contribution is 7.19. The highest BCUT2D eigenvalue weighted by Gasteiger charge is 2.28. The Morgan fingerprint density at radius 1 is 1.13 bits per heavy atom. The molecule has 0 radical (unpaired) electrons. The van der Waals surface area contributed by atoms with E-state index < -0.39 is 0 Å². The van der Waals surface area contributed by atoms with E-state index in [0.717, 1.165) is 56.6 Å². The highest BCUT2D eigenvalue weighted by atomic mass is 32.1. The van der Waals surface area contributed by atoms with Gasteiger partial charge in [-0.15, -0.1) is 11.3 Å². The van der Waals surface area contributed by atoms with Crippen molar-refractivity contribution in [3.05, 3.63) is 16.3 Å². The predicted octanol–water partition coefficient (Wildman–Crippen LogP) is 5.56. The van der Waals surface area contributed by atoms with Crippen LogP contribution in [-0.2, 0) is 17.6 Å². The molecule has 5 nitrogen and oxygen atoms in total. The van der Waals surface area contributed by atoms with Crippen LogP contribution >= 0.6 is 11.3 Å². The van der Waals surface area contributed by atoms with E-state index in [4.69, 9.17) is 9.97 Å². The zero-order valence-electron chi connectivity index (χ0n) is 19.7. The third-order valence-electron chi connectivity index (χ3n) is 6.85. The van der Waals surface area contributed by atoms with Crippen LogP contribution in [0.3, 0.4) is 0 Å². The molecule has 1 fully saturated rings. The third kappa shape index (κ3) is 4.89. The molecule has 1 atom stereocenters. The fraction of sp³-hybridized carbons (Fsp3) is 0.720. The molecule has 1 saturated heterocycles. The van der Waals surface area contributed by atoms with Crippen molar-refractivity contribution >= 4 is 33.3 Å². The molecule has 170 valence electrons. The van der Waals surface area contributed by atoms with E-state index in [1.165, 1.54) is 52.8 Å². The maximum Gasteiger partial charge on any atom is 0.222 e. The Morgan fingerprint density at radius 3 is 2.61 bits per heavy atom. The van der Waals surface area contributed by atoms with Gasteiger partial charge >= 0.3 is 0 Å². The number of aromatic nitrogens is 2. The summed E-state index contributed by atoms with van der Waals surface area (Å²) in [6, 6.07) is 0. The number of unbranched alkanes of at least 4 members (excludes halogenated alkanes) is 3. The molecule has 0 bridgehead atoms. The maximum absolute atomic E-state index is 12.6. The molecular formula is C25H38N4OS. The van der Waals surface area contributed by atoms with Crippen LogP contribution in [0.5, 0.6) is 0 Å². The molecule has 6 heteroatoms. The van der Waals surface area contributed by atoms with E-state index in [0.29, 0.717) is 18.2 Å². The maximum atomic E-state index is 12.6. The van der Waals surface area contributed by atoms with Crippen LogP contribution in [0.15, 0.2) is 0 Å². The van der Waals surface area contributed by atoms with Gasteiger partial charge < -0.3 is 9.80 Å². The molecule has 1 aliphatic heterocycles. The van der Waals surface area contributed by atoms with E-state index in [-0.39, 0.29) is 0 Å². The summed E-state index contributed by atoms with van der Waals surface area (Å²) in [5.74, 6) is 3.47. The fourth-order valence-corrected chi connectivity index (χ4v) is 6.24. The number of rotatable bonds is 7. The number of anilines is 1. The van der Waals surface area contributed by atoms with Crippen molar-refractivity contribution in [3.8, 4) is 0 Å². The lowest BCUT2D eigenvalue weighted by Gasteiger charge is -2.36. The molecule has 0 N–H and O–H groups in total. The smallest absolute Gasteiger partial charge is 0.222 e. The zero-order valence-corrected chi connectivity index (χ0v) is 20.6. The first-order valence-corrected chi connectivity index (χ1v) is 13.1. The van der Waals surface area contributed by atoms with E-state index in [2.05, 4.69) is 37.5 Å². The van der Waals surface area contributed by atoms with Crippen LogP contribution in [-0.4, -0.2) is 47.0 Å². The topological polar surface area (TPSA) is 49.3 Å². The molecule has 0 aromatic carbocycles. The Kier molecular flexibility index (Phi) is 7.15. The monoisotopic (exact) mass is 442 g/mol. The summed E-state index contributed by atoms with van der Waals surface area (Å²) < 4.78 is 0. The van der Waals surface area contributed by atoms with Gasteiger partial charge in [-0.3, -0.25) is 4.79 Å². The minimum atomic E-state index is 0.312. The fourth-order valence-electron chi connectivity index (χ4n) is 4.85. The lowest BCUT2D eigenvalue weighted by atomic mass is 9.89. The molecule has 1 amide bonds. The molecule has 4 rings (SSSR count). The number of aryl methyl sites for hydroxylation is 1. The molecule has 2 aromatic heterocycles. The van der Waals surface area contributed by atoms with Gasteiger partial charge in [-0.2, -0.15) is 0 Å². The van der Waals surface area contributed by atoms with Crippen molar-refractivity contribution in [3.63, 3.8) is 0 Å². The normalized spacial score (nSPS) is 19.3. The molecule has 3 heterocycles. The average Bonchev–Trinajstić information content (AvgIpc) is 3.13. The van der Waals surface area contributed by atoms with Gasteiger partial charge in [0.25, 0.3) is 0 Å². The number of thiophene rings is 1. The summed E-state index contributed by atoms with van der Waals surface area (Å²) in [7, 11) is 0. The van der Waals surface area contributed by atoms with Crippen molar-refractivity contribution < 1.29 is 4.79 Å². The van der Waals surface area contributed by atoms with E-state index >= 15 is 0 Å². The van der Waals surface area contributed by atoms with Crippen LogP contribution in [0, 0.1) is 5.92 Å². The van der Waals surface area contributed by atoms with Gasteiger partial charge in [0, 0.05) is 43.4 Å². The molecule has 1 aliphatic carbocycles. The first-order chi connectivity index (χ1) is 15.0.